The molecular weight excluding hydrogens is 225 g/mol. The van der Waals surface area contributed by atoms with E-state index in [1.807, 2.05) is 36.7 Å². The van der Waals surface area contributed by atoms with Crippen LogP contribution in [0.2, 0.25) is 0 Å². The SMILES string of the molecule is B.C1=CC=CNC=C1.c1ccc2sccc2c1. The lowest BCUT2D eigenvalue weighted by Gasteiger charge is -1.82. The van der Waals surface area contributed by atoms with Crippen LogP contribution in [0.15, 0.2) is 72.4 Å². The van der Waals surface area contributed by atoms with E-state index in [1.165, 1.54) is 10.1 Å². The van der Waals surface area contributed by atoms with E-state index in [1.54, 1.807) is 11.3 Å². The molecule has 1 aliphatic heterocycles. The van der Waals surface area contributed by atoms with Crippen molar-refractivity contribution in [3.8, 4) is 0 Å². The number of allylic oxidation sites excluding steroid dienone is 4. The van der Waals surface area contributed by atoms with Crippen LogP contribution in [0, 0.1) is 0 Å². The van der Waals surface area contributed by atoms with Crippen molar-refractivity contribution >= 4 is 29.8 Å². The van der Waals surface area contributed by atoms with E-state index >= 15 is 0 Å². The van der Waals surface area contributed by atoms with Gasteiger partial charge in [0.05, 0.1) is 8.41 Å². The predicted molar refractivity (Wildman–Crippen MR) is 82.3 cm³/mol. The van der Waals surface area contributed by atoms with Crippen LogP contribution in [-0.2, 0) is 0 Å². The lowest BCUT2D eigenvalue weighted by molar-refractivity contribution is 1.20. The molecule has 2 aromatic rings. The minimum Gasteiger partial charge on any atom is -0.368 e. The van der Waals surface area contributed by atoms with Gasteiger partial charge in [-0.25, -0.2) is 0 Å². The summed E-state index contributed by atoms with van der Waals surface area (Å²) in [7, 11) is 0. The zero-order valence-electron chi connectivity index (χ0n) is 8.84. The smallest absolute Gasteiger partial charge is 0.0814 e. The van der Waals surface area contributed by atoms with E-state index in [-0.39, 0.29) is 8.41 Å². The van der Waals surface area contributed by atoms with Crippen molar-refractivity contribution < 1.29 is 0 Å². The van der Waals surface area contributed by atoms with Gasteiger partial charge in [-0.05, 0) is 35.1 Å². The molecule has 0 spiro atoms. The Morgan fingerprint density at radius 3 is 2.24 bits per heavy atom. The molecule has 0 saturated carbocycles. The second-order valence-electron chi connectivity index (χ2n) is 3.23. The normalized spacial score (nSPS) is 12.0. The first-order valence-electron chi connectivity index (χ1n) is 5.13. The van der Waals surface area contributed by atoms with Gasteiger partial charge in [-0.1, -0.05) is 30.4 Å². The Balaban J connectivity index is 0.000000166. The van der Waals surface area contributed by atoms with Crippen LogP contribution in [0.3, 0.4) is 0 Å². The van der Waals surface area contributed by atoms with E-state index in [2.05, 4.69) is 41.0 Å². The number of rotatable bonds is 0. The Hall–Kier alpha value is -1.74. The van der Waals surface area contributed by atoms with Crippen molar-refractivity contribution in [2.24, 2.45) is 0 Å². The molecule has 1 N–H and O–H groups in total. The third-order valence-electron chi connectivity index (χ3n) is 2.08. The summed E-state index contributed by atoms with van der Waals surface area (Å²) in [4.78, 5) is 0. The van der Waals surface area contributed by atoms with Gasteiger partial charge in [0.15, 0.2) is 0 Å². The van der Waals surface area contributed by atoms with Crippen molar-refractivity contribution in [1.29, 1.82) is 0 Å². The largest absolute Gasteiger partial charge is 0.368 e. The van der Waals surface area contributed by atoms with Gasteiger partial charge in [0.25, 0.3) is 0 Å². The number of benzene rings is 1. The molecular formula is C14H16BNS. The fourth-order valence-corrected chi connectivity index (χ4v) is 2.10. The van der Waals surface area contributed by atoms with Crippen LogP contribution in [0.5, 0.6) is 0 Å². The number of thiophene rings is 1. The number of hydrogen-bond donors (Lipinski definition) is 1. The van der Waals surface area contributed by atoms with Gasteiger partial charge in [-0.15, -0.1) is 11.3 Å². The summed E-state index contributed by atoms with van der Waals surface area (Å²) >= 11 is 1.79. The van der Waals surface area contributed by atoms with Gasteiger partial charge in [-0.2, -0.15) is 0 Å². The fraction of sp³-hybridized carbons (Fsp3) is 0. The van der Waals surface area contributed by atoms with Crippen LogP contribution >= 0.6 is 11.3 Å². The molecule has 0 amide bonds. The molecule has 0 radical (unpaired) electrons. The predicted octanol–water partition coefficient (Wildman–Crippen LogP) is 2.89. The molecule has 0 atom stereocenters. The Morgan fingerprint density at radius 1 is 0.824 bits per heavy atom. The highest BCUT2D eigenvalue weighted by atomic mass is 32.1. The molecule has 1 aromatic carbocycles. The van der Waals surface area contributed by atoms with E-state index < -0.39 is 0 Å². The van der Waals surface area contributed by atoms with Crippen LogP contribution in [0.25, 0.3) is 10.1 Å². The monoisotopic (exact) mass is 241 g/mol. The Bertz CT molecular complexity index is 482. The molecule has 0 aliphatic carbocycles. The molecule has 1 aromatic heterocycles. The van der Waals surface area contributed by atoms with E-state index in [0.29, 0.717) is 0 Å². The van der Waals surface area contributed by atoms with Gasteiger partial charge < -0.3 is 5.32 Å². The standard InChI is InChI=1S/C8H6S.C6H7N.BH3/c1-2-4-8-7(3-1)5-6-9-8;1-2-4-6-7-5-3-1;/h1-6H;1-7H;1H3. The second-order valence-corrected chi connectivity index (χ2v) is 4.18. The lowest BCUT2D eigenvalue weighted by Crippen LogP contribution is -1.87. The average Bonchev–Trinajstić information content (AvgIpc) is 2.61. The van der Waals surface area contributed by atoms with E-state index in [4.69, 9.17) is 0 Å². The lowest BCUT2D eigenvalue weighted by atomic mass is 10.3. The molecule has 2 heterocycles. The molecule has 0 saturated heterocycles. The van der Waals surface area contributed by atoms with Gasteiger partial charge in [0, 0.05) is 17.1 Å². The Kier molecular flexibility index (Phi) is 5.90. The number of fused-ring (bicyclic) bond motifs is 1. The quantitative estimate of drug-likeness (QED) is 0.699. The topological polar surface area (TPSA) is 12.0 Å². The summed E-state index contributed by atoms with van der Waals surface area (Å²) < 4.78 is 1.37. The minimum absolute atomic E-state index is 0. The van der Waals surface area contributed by atoms with Crippen molar-refractivity contribution in [3.63, 3.8) is 0 Å². The van der Waals surface area contributed by atoms with Crippen molar-refractivity contribution in [2.45, 2.75) is 0 Å². The summed E-state index contributed by atoms with van der Waals surface area (Å²) in [5, 5.41) is 6.39. The highest BCUT2D eigenvalue weighted by Gasteiger charge is 1.87. The van der Waals surface area contributed by atoms with Gasteiger partial charge in [-0.3, -0.25) is 0 Å². The summed E-state index contributed by atoms with van der Waals surface area (Å²) in [5.74, 6) is 0. The van der Waals surface area contributed by atoms with Crippen molar-refractivity contribution in [2.75, 3.05) is 0 Å². The van der Waals surface area contributed by atoms with Crippen LogP contribution < -0.4 is 5.32 Å². The molecule has 3 heteroatoms. The van der Waals surface area contributed by atoms with Crippen LogP contribution in [-0.4, -0.2) is 8.41 Å². The number of nitrogens with one attached hydrogen (secondary N) is 1. The molecule has 0 unspecified atom stereocenters. The molecule has 1 aliphatic rings. The van der Waals surface area contributed by atoms with Crippen LogP contribution in [0.4, 0.5) is 0 Å². The Labute approximate surface area is 108 Å². The first-order valence-corrected chi connectivity index (χ1v) is 6.01. The maximum absolute atomic E-state index is 2.92. The summed E-state index contributed by atoms with van der Waals surface area (Å²) in [6, 6.07) is 10.5. The summed E-state index contributed by atoms with van der Waals surface area (Å²) in [5.41, 5.74) is 0. The Morgan fingerprint density at radius 2 is 1.53 bits per heavy atom. The molecule has 17 heavy (non-hydrogen) atoms. The average molecular weight is 241 g/mol. The zero-order chi connectivity index (χ0) is 11.1. The second kappa shape index (κ2) is 7.52. The first-order chi connectivity index (χ1) is 7.97. The maximum Gasteiger partial charge on any atom is 0.0814 e. The fourth-order valence-electron chi connectivity index (χ4n) is 1.31. The minimum atomic E-state index is 0. The molecule has 3 rings (SSSR count). The van der Waals surface area contributed by atoms with Gasteiger partial charge in [0.2, 0.25) is 0 Å². The highest BCUT2D eigenvalue weighted by molar-refractivity contribution is 7.17. The third-order valence-corrected chi connectivity index (χ3v) is 2.98. The summed E-state index contributed by atoms with van der Waals surface area (Å²) in [6.07, 6.45) is 11.6. The molecule has 86 valence electrons. The zero-order valence-corrected chi connectivity index (χ0v) is 9.65. The molecule has 1 nitrogen and oxygen atoms in total. The van der Waals surface area contributed by atoms with Crippen LogP contribution in [0.1, 0.15) is 0 Å². The summed E-state index contributed by atoms with van der Waals surface area (Å²) in [6.45, 7) is 0. The van der Waals surface area contributed by atoms with Gasteiger partial charge >= 0.3 is 0 Å². The van der Waals surface area contributed by atoms with Gasteiger partial charge in [0.1, 0.15) is 0 Å². The van der Waals surface area contributed by atoms with E-state index in [9.17, 15) is 0 Å². The number of hydrogen-bond acceptors (Lipinski definition) is 2. The third kappa shape index (κ3) is 4.33. The van der Waals surface area contributed by atoms with Crippen molar-refractivity contribution in [3.05, 3.63) is 72.4 Å². The van der Waals surface area contributed by atoms with Crippen molar-refractivity contribution in [1.82, 2.24) is 5.32 Å². The molecule has 0 fully saturated rings. The van der Waals surface area contributed by atoms with E-state index in [0.717, 1.165) is 0 Å². The first kappa shape index (κ1) is 13.3. The maximum atomic E-state index is 2.92. The highest BCUT2D eigenvalue weighted by Crippen LogP contribution is 2.18. The molecule has 0 bridgehead atoms.